The molecule has 0 radical (unpaired) electrons. The minimum absolute atomic E-state index is 0.604. The Morgan fingerprint density at radius 1 is 1.53 bits per heavy atom. The van der Waals surface area contributed by atoms with Gasteiger partial charge in [-0.15, -0.1) is 6.42 Å². The van der Waals surface area contributed by atoms with Crippen molar-refractivity contribution in [2.45, 2.75) is 6.92 Å². The molecule has 0 aliphatic carbocycles. The van der Waals surface area contributed by atoms with Crippen LogP contribution >= 0.6 is 0 Å². The molecule has 0 N–H and O–H groups in total. The average molecular weight is 200 g/mol. The van der Waals surface area contributed by atoms with Crippen LogP contribution in [0, 0.1) is 12.3 Å². The van der Waals surface area contributed by atoms with Gasteiger partial charge < -0.3 is 4.74 Å². The van der Waals surface area contributed by atoms with E-state index < -0.39 is 0 Å². The Bertz CT molecular complexity index is 534. The summed E-state index contributed by atoms with van der Waals surface area (Å²) in [5, 5.41) is 5.34. The van der Waals surface area contributed by atoms with E-state index in [2.05, 4.69) is 11.0 Å². The fourth-order valence-corrected chi connectivity index (χ4v) is 1.56. The lowest BCUT2D eigenvalue weighted by atomic mass is 10.1. The molecule has 1 heterocycles. The Hall–Kier alpha value is -1.95. The van der Waals surface area contributed by atoms with Crippen LogP contribution in [0.2, 0.25) is 0 Å². The van der Waals surface area contributed by atoms with E-state index in [9.17, 15) is 0 Å². The molecular weight excluding hydrogens is 188 g/mol. The van der Waals surface area contributed by atoms with E-state index in [1.807, 2.05) is 32.3 Å². The van der Waals surface area contributed by atoms with Crippen molar-refractivity contribution in [1.29, 1.82) is 0 Å². The van der Waals surface area contributed by atoms with Crippen LogP contribution in [0.5, 0.6) is 5.75 Å². The minimum atomic E-state index is 0.604. The fraction of sp³-hybridized carbons (Fsp3) is 0.250. The maximum atomic E-state index is 5.45. The van der Waals surface area contributed by atoms with Gasteiger partial charge >= 0.3 is 0 Å². The van der Waals surface area contributed by atoms with Crippen LogP contribution < -0.4 is 4.74 Å². The van der Waals surface area contributed by atoms with Crippen LogP contribution in [0.25, 0.3) is 10.9 Å². The van der Waals surface area contributed by atoms with Crippen molar-refractivity contribution < 1.29 is 4.74 Å². The molecule has 0 bridgehead atoms. The summed E-state index contributed by atoms with van der Waals surface area (Å²) in [6.07, 6.45) is 7.36. The Morgan fingerprint density at radius 2 is 2.33 bits per heavy atom. The molecule has 1 aromatic carbocycles. The number of hydrogen-bond acceptors (Lipinski definition) is 2. The molecule has 3 nitrogen and oxygen atoms in total. The van der Waals surface area contributed by atoms with E-state index in [-0.39, 0.29) is 0 Å². The maximum Gasteiger partial charge on any atom is 0.137 e. The summed E-state index contributed by atoms with van der Waals surface area (Å²) in [6.45, 7) is 2.54. The van der Waals surface area contributed by atoms with Crippen LogP contribution in [0.4, 0.5) is 0 Å². The summed E-state index contributed by atoms with van der Waals surface area (Å²) in [6, 6.07) is 3.81. The topological polar surface area (TPSA) is 27.1 Å². The Kier molecular flexibility index (Phi) is 2.34. The highest BCUT2D eigenvalue weighted by Gasteiger charge is 2.06. The van der Waals surface area contributed by atoms with E-state index in [1.54, 1.807) is 4.68 Å². The highest BCUT2D eigenvalue weighted by atomic mass is 16.5. The van der Waals surface area contributed by atoms with Gasteiger partial charge in [-0.3, -0.25) is 4.68 Å². The lowest BCUT2D eigenvalue weighted by molar-refractivity contribution is 0.340. The number of fused-ring (bicyclic) bond motifs is 1. The number of hydrogen-bond donors (Lipinski definition) is 0. The first-order chi connectivity index (χ1) is 7.24. The van der Waals surface area contributed by atoms with Crippen molar-refractivity contribution in [2.75, 3.05) is 6.61 Å². The van der Waals surface area contributed by atoms with Crippen LogP contribution in [0.3, 0.4) is 0 Å². The predicted molar refractivity (Wildman–Crippen MR) is 59.8 cm³/mol. The second-order valence-corrected chi connectivity index (χ2v) is 3.29. The third-order valence-corrected chi connectivity index (χ3v) is 2.18. The molecule has 0 saturated heterocycles. The van der Waals surface area contributed by atoms with Gasteiger partial charge in [0.25, 0.3) is 0 Å². The van der Waals surface area contributed by atoms with Crippen LogP contribution in [0.1, 0.15) is 12.5 Å². The SMILES string of the molecule is C#Cc1cc2cn(C)nc2cc1OCC. The monoisotopic (exact) mass is 200 g/mol. The molecule has 3 heteroatoms. The molecule has 2 rings (SSSR count). The Labute approximate surface area is 88.7 Å². The first-order valence-electron chi connectivity index (χ1n) is 4.81. The van der Waals surface area contributed by atoms with Crippen molar-refractivity contribution in [3.05, 3.63) is 23.9 Å². The maximum absolute atomic E-state index is 5.45. The molecule has 76 valence electrons. The van der Waals surface area contributed by atoms with E-state index >= 15 is 0 Å². The second kappa shape index (κ2) is 3.66. The molecule has 0 aliphatic heterocycles. The number of aromatic nitrogens is 2. The van der Waals surface area contributed by atoms with Crippen molar-refractivity contribution >= 4 is 10.9 Å². The summed E-state index contributed by atoms with van der Waals surface area (Å²) >= 11 is 0. The molecule has 15 heavy (non-hydrogen) atoms. The smallest absolute Gasteiger partial charge is 0.137 e. The highest BCUT2D eigenvalue weighted by Crippen LogP contribution is 2.24. The van der Waals surface area contributed by atoms with Gasteiger partial charge in [0.15, 0.2) is 0 Å². The van der Waals surface area contributed by atoms with Crippen molar-refractivity contribution in [3.8, 4) is 18.1 Å². The lowest BCUT2D eigenvalue weighted by Gasteiger charge is -2.05. The Morgan fingerprint density at radius 3 is 3.00 bits per heavy atom. The van der Waals surface area contributed by atoms with Gasteiger partial charge in [0.05, 0.1) is 17.7 Å². The zero-order valence-electron chi connectivity index (χ0n) is 8.82. The number of benzene rings is 1. The minimum Gasteiger partial charge on any atom is -0.492 e. The average Bonchev–Trinajstić information content (AvgIpc) is 2.56. The molecule has 0 atom stereocenters. The van der Waals surface area contributed by atoms with Crippen molar-refractivity contribution in [1.82, 2.24) is 9.78 Å². The van der Waals surface area contributed by atoms with Crippen molar-refractivity contribution in [3.63, 3.8) is 0 Å². The van der Waals surface area contributed by atoms with Gasteiger partial charge in [0.2, 0.25) is 0 Å². The number of terminal acetylenes is 1. The quantitative estimate of drug-likeness (QED) is 0.693. The third kappa shape index (κ3) is 1.66. The van der Waals surface area contributed by atoms with Gasteiger partial charge in [-0.2, -0.15) is 5.10 Å². The van der Waals surface area contributed by atoms with Crippen LogP contribution in [-0.4, -0.2) is 16.4 Å². The van der Waals surface area contributed by atoms with Crippen LogP contribution in [0.15, 0.2) is 18.3 Å². The normalized spacial score (nSPS) is 10.2. The zero-order chi connectivity index (χ0) is 10.8. The molecule has 1 aromatic heterocycles. The van der Waals surface area contributed by atoms with Gasteiger partial charge in [0.1, 0.15) is 5.75 Å². The second-order valence-electron chi connectivity index (χ2n) is 3.29. The number of ether oxygens (including phenoxy) is 1. The molecular formula is C12H12N2O. The number of rotatable bonds is 2. The van der Waals surface area contributed by atoms with Gasteiger partial charge in [-0.05, 0) is 13.0 Å². The zero-order valence-corrected chi connectivity index (χ0v) is 8.82. The summed E-state index contributed by atoms with van der Waals surface area (Å²) in [5.41, 5.74) is 1.68. The van der Waals surface area contributed by atoms with Gasteiger partial charge in [-0.25, -0.2) is 0 Å². The molecule has 0 unspecified atom stereocenters. The van der Waals surface area contributed by atoms with Crippen LogP contribution in [-0.2, 0) is 7.05 Å². The third-order valence-electron chi connectivity index (χ3n) is 2.18. The first-order valence-corrected chi connectivity index (χ1v) is 4.81. The number of aryl methyl sites for hydroxylation is 1. The van der Waals surface area contributed by atoms with Gasteiger partial charge in [-0.1, -0.05) is 5.92 Å². The molecule has 0 aliphatic rings. The first kappa shape index (κ1) is 9.60. The summed E-state index contributed by atoms with van der Waals surface area (Å²) in [4.78, 5) is 0. The lowest BCUT2D eigenvalue weighted by Crippen LogP contribution is -1.94. The van der Waals surface area contributed by atoms with E-state index in [0.717, 1.165) is 22.2 Å². The fourth-order valence-electron chi connectivity index (χ4n) is 1.56. The van der Waals surface area contributed by atoms with E-state index in [1.165, 1.54) is 0 Å². The van der Waals surface area contributed by atoms with Gasteiger partial charge in [0, 0.05) is 24.7 Å². The number of nitrogens with zero attached hydrogens (tertiary/aromatic N) is 2. The molecule has 2 aromatic rings. The molecule has 0 fully saturated rings. The summed E-state index contributed by atoms with van der Waals surface area (Å²) in [5.74, 6) is 3.35. The predicted octanol–water partition coefficient (Wildman–Crippen LogP) is 1.95. The van der Waals surface area contributed by atoms with Crippen molar-refractivity contribution in [2.24, 2.45) is 7.05 Å². The summed E-state index contributed by atoms with van der Waals surface area (Å²) < 4.78 is 7.22. The molecule has 0 spiro atoms. The van der Waals surface area contributed by atoms with E-state index in [0.29, 0.717) is 6.61 Å². The van der Waals surface area contributed by atoms with E-state index in [4.69, 9.17) is 11.2 Å². The molecule has 0 saturated carbocycles. The highest BCUT2D eigenvalue weighted by molar-refractivity contribution is 5.82. The Balaban J connectivity index is 2.64. The summed E-state index contributed by atoms with van der Waals surface area (Å²) in [7, 11) is 1.88. The molecule has 0 amide bonds. The largest absolute Gasteiger partial charge is 0.492 e. The standard InChI is InChI=1S/C12H12N2O/c1-4-9-6-10-8-14(3)13-11(10)7-12(9)15-5-2/h1,6-8H,5H2,2-3H3.